The molecule has 1 fully saturated rings. The lowest BCUT2D eigenvalue weighted by atomic mass is 10.0. The number of carbonyl (C=O) groups is 1. The summed E-state index contributed by atoms with van der Waals surface area (Å²) in [6.45, 7) is 5.22. The van der Waals surface area contributed by atoms with Crippen LogP contribution in [0.25, 0.3) is 21.8 Å². The molecule has 0 aliphatic carbocycles. The number of benzene rings is 1. The van der Waals surface area contributed by atoms with E-state index in [2.05, 4.69) is 25.6 Å². The molecule has 0 spiro atoms. The van der Waals surface area contributed by atoms with E-state index in [0.717, 1.165) is 21.8 Å². The first-order valence-corrected chi connectivity index (χ1v) is 11.9. The van der Waals surface area contributed by atoms with Crippen molar-refractivity contribution >= 4 is 50.8 Å². The number of pyridine rings is 1. The molecule has 5 rings (SSSR count). The van der Waals surface area contributed by atoms with Crippen molar-refractivity contribution in [3.63, 3.8) is 0 Å². The van der Waals surface area contributed by atoms with Gasteiger partial charge < -0.3 is 20.4 Å². The van der Waals surface area contributed by atoms with E-state index in [9.17, 15) is 13.6 Å². The van der Waals surface area contributed by atoms with Crippen LogP contribution in [-0.2, 0) is 9.53 Å². The van der Waals surface area contributed by atoms with Gasteiger partial charge in [-0.25, -0.2) is 8.78 Å². The third-order valence-electron chi connectivity index (χ3n) is 6.38. The van der Waals surface area contributed by atoms with E-state index in [1.54, 1.807) is 18.5 Å². The largest absolute Gasteiger partial charge is 0.372 e. The Bertz CT molecular complexity index is 1290. The SMILES string of the molecule is CC1(C)CN(CC2=NCC(CC(F)F)N2)[C@H](C(=O)Nc2cc(Cl)cc3c2[nH]c2cnccc23)CO1. The summed E-state index contributed by atoms with van der Waals surface area (Å²) in [5.74, 6) is 0.364. The summed E-state index contributed by atoms with van der Waals surface area (Å²) >= 11 is 6.39. The number of morpholine rings is 1. The molecule has 1 aromatic carbocycles. The molecule has 2 atom stereocenters. The quantitative estimate of drug-likeness (QED) is 0.474. The van der Waals surface area contributed by atoms with Crippen LogP contribution < -0.4 is 10.6 Å². The molecule has 2 aromatic heterocycles. The molecule has 1 unspecified atom stereocenters. The number of anilines is 1. The summed E-state index contributed by atoms with van der Waals surface area (Å²) in [5, 5.41) is 8.44. The molecule has 1 amide bonds. The van der Waals surface area contributed by atoms with Gasteiger partial charge >= 0.3 is 0 Å². The Balaban J connectivity index is 1.37. The molecule has 3 N–H and O–H groups in total. The van der Waals surface area contributed by atoms with E-state index in [0.29, 0.717) is 36.2 Å². The highest BCUT2D eigenvalue weighted by molar-refractivity contribution is 6.33. The Morgan fingerprint density at radius 2 is 2.20 bits per heavy atom. The van der Waals surface area contributed by atoms with Crippen molar-refractivity contribution in [1.82, 2.24) is 20.2 Å². The summed E-state index contributed by atoms with van der Waals surface area (Å²) in [7, 11) is 0. The highest BCUT2D eigenvalue weighted by Gasteiger charge is 2.39. The van der Waals surface area contributed by atoms with Crippen molar-refractivity contribution in [1.29, 1.82) is 0 Å². The van der Waals surface area contributed by atoms with Crippen LogP contribution in [0.5, 0.6) is 0 Å². The number of hydrogen-bond donors (Lipinski definition) is 3. The number of aromatic nitrogens is 2. The maximum absolute atomic E-state index is 13.5. The average Bonchev–Trinajstić information content (AvgIpc) is 3.37. The third kappa shape index (κ3) is 5.10. The van der Waals surface area contributed by atoms with E-state index < -0.39 is 18.1 Å². The zero-order valence-electron chi connectivity index (χ0n) is 19.4. The normalized spacial score (nSPS) is 22.5. The predicted molar refractivity (Wildman–Crippen MR) is 132 cm³/mol. The molecule has 4 heterocycles. The van der Waals surface area contributed by atoms with Gasteiger partial charge in [-0.15, -0.1) is 0 Å². The van der Waals surface area contributed by atoms with Gasteiger partial charge in [0.05, 0.1) is 54.3 Å². The van der Waals surface area contributed by atoms with Gasteiger partial charge in [-0.3, -0.25) is 19.7 Å². The van der Waals surface area contributed by atoms with Crippen molar-refractivity contribution < 1.29 is 18.3 Å². The van der Waals surface area contributed by atoms with Gasteiger partial charge in [-0.1, -0.05) is 11.6 Å². The Hall–Kier alpha value is -2.82. The molecule has 2 aliphatic rings. The number of amidine groups is 1. The fourth-order valence-corrected chi connectivity index (χ4v) is 5.00. The molecule has 8 nitrogen and oxygen atoms in total. The second-order valence-electron chi connectivity index (χ2n) is 9.66. The second-order valence-corrected chi connectivity index (χ2v) is 10.1. The van der Waals surface area contributed by atoms with Gasteiger partial charge in [0.15, 0.2) is 0 Å². The third-order valence-corrected chi connectivity index (χ3v) is 6.60. The number of ether oxygens (including phenoxy) is 1. The Morgan fingerprint density at radius 1 is 1.37 bits per heavy atom. The van der Waals surface area contributed by atoms with E-state index in [4.69, 9.17) is 16.3 Å². The summed E-state index contributed by atoms with van der Waals surface area (Å²) in [4.78, 5) is 27.3. The minimum atomic E-state index is -2.39. The van der Waals surface area contributed by atoms with E-state index in [-0.39, 0.29) is 25.0 Å². The number of nitrogens with zero attached hydrogens (tertiary/aromatic N) is 3. The topological polar surface area (TPSA) is 94.6 Å². The standard InChI is InChI=1S/C24H27ClF2N6O2/c1-24(2)12-33(10-21-29-8-14(30-21)7-20(26)27)19(11-35-24)23(34)32-17-6-13(25)5-16-15-3-4-28-9-18(15)31-22(16)17/h3-6,9,14,19-20,31H,7-8,10-12H2,1-2H3,(H,29,30)(H,32,34)/t14?,19-/m0/s1. The Kier molecular flexibility index (Phi) is 6.37. The molecule has 0 bridgehead atoms. The van der Waals surface area contributed by atoms with Crippen LogP contribution in [0.2, 0.25) is 5.02 Å². The molecule has 35 heavy (non-hydrogen) atoms. The van der Waals surface area contributed by atoms with Gasteiger partial charge in [0.1, 0.15) is 11.9 Å². The first kappa shape index (κ1) is 23.9. The Labute approximate surface area is 206 Å². The zero-order valence-corrected chi connectivity index (χ0v) is 20.2. The summed E-state index contributed by atoms with van der Waals surface area (Å²) in [6.07, 6.45) is 0.790. The number of aliphatic imine (C=N–C) groups is 1. The van der Waals surface area contributed by atoms with Crippen LogP contribution in [0.3, 0.4) is 0 Å². The first-order valence-electron chi connectivity index (χ1n) is 11.5. The van der Waals surface area contributed by atoms with Gasteiger partial charge in [0.2, 0.25) is 12.3 Å². The van der Waals surface area contributed by atoms with Crippen LogP contribution in [0, 0.1) is 0 Å². The molecule has 0 saturated carbocycles. The molecular weight excluding hydrogens is 478 g/mol. The van der Waals surface area contributed by atoms with Crippen molar-refractivity contribution in [3.05, 3.63) is 35.6 Å². The number of fused-ring (bicyclic) bond motifs is 3. The van der Waals surface area contributed by atoms with Gasteiger partial charge in [-0.2, -0.15) is 0 Å². The minimum Gasteiger partial charge on any atom is -0.372 e. The van der Waals surface area contributed by atoms with Gasteiger partial charge in [0, 0.05) is 35.0 Å². The second kappa shape index (κ2) is 9.33. The molecular formula is C24H27ClF2N6O2. The predicted octanol–water partition coefficient (Wildman–Crippen LogP) is 3.81. The van der Waals surface area contributed by atoms with Crippen molar-refractivity contribution in [2.45, 2.75) is 44.4 Å². The number of nitrogens with one attached hydrogen (secondary N) is 3. The molecule has 186 valence electrons. The maximum Gasteiger partial charge on any atom is 0.244 e. The monoisotopic (exact) mass is 504 g/mol. The number of halogens is 3. The van der Waals surface area contributed by atoms with Crippen LogP contribution in [0.1, 0.15) is 20.3 Å². The molecule has 3 aromatic rings. The molecule has 2 aliphatic heterocycles. The Morgan fingerprint density at radius 3 is 3.00 bits per heavy atom. The molecule has 0 radical (unpaired) electrons. The lowest BCUT2D eigenvalue weighted by molar-refractivity contribution is -0.141. The van der Waals surface area contributed by atoms with Crippen LogP contribution >= 0.6 is 11.6 Å². The number of rotatable bonds is 6. The average molecular weight is 505 g/mol. The summed E-state index contributed by atoms with van der Waals surface area (Å²) in [5.41, 5.74) is 1.69. The number of alkyl halides is 2. The van der Waals surface area contributed by atoms with E-state index in [1.807, 2.05) is 30.9 Å². The molecule has 11 heteroatoms. The van der Waals surface area contributed by atoms with E-state index in [1.165, 1.54) is 0 Å². The number of amides is 1. The number of carbonyl (C=O) groups excluding carboxylic acids is 1. The summed E-state index contributed by atoms with van der Waals surface area (Å²) in [6, 6.07) is 4.47. The number of H-pyrrole nitrogens is 1. The highest BCUT2D eigenvalue weighted by Crippen LogP contribution is 2.33. The fraction of sp³-hybridized carbons (Fsp3) is 0.458. The van der Waals surface area contributed by atoms with Crippen LogP contribution in [0.4, 0.5) is 14.5 Å². The smallest absolute Gasteiger partial charge is 0.244 e. The maximum atomic E-state index is 13.5. The zero-order chi connectivity index (χ0) is 24.7. The van der Waals surface area contributed by atoms with Crippen LogP contribution in [-0.4, -0.2) is 77.0 Å². The van der Waals surface area contributed by atoms with E-state index >= 15 is 0 Å². The fourth-order valence-electron chi connectivity index (χ4n) is 4.78. The molecule has 1 saturated heterocycles. The first-order chi connectivity index (χ1) is 16.7. The summed E-state index contributed by atoms with van der Waals surface area (Å²) < 4.78 is 31.5. The van der Waals surface area contributed by atoms with Crippen LogP contribution in [0.15, 0.2) is 35.6 Å². The van der Waals surface area contributed by atoms with Crippen molar-refractivity contribution in [2.24, 2.45) is 4.99 Å². The number of aromatic amines is 1. The van der Waals surface area contributed by atoms with Crippen molar-refractivity contribution in [2.75, 3.05) is 31.6 Å². The minimum absolute atomic E-state index is 0.187. The van der Waals surface area contributed by atoms with Gasteiger partial charge in [-0.05, 0) is 32.0 Å². The lowest BCUT2D eigenvalue weighted by Gasteiger charge is -2.42. The van der Waals surface area contributed by atoms with Crippen molar-refractivity contribution in [3.8, 4) is 0 Å². The number of hydrogen-bond acceptors (Lipinski definition) is 6. The lowest BCUT2D eigenvalue weighted by Crippen LogP contribution is -2.60. The highest BCUT2D eigenvalue weighted by atomic mass is 35.5. The van der Waals surface area contributed by atoms with Gasteiger partial charge in [0.25, 0.3) is 0 Å².